The van der Waals surface area contributed by atoms with E-state index in [0.29, 0.717) is 6.54 Å². The van der Waals surface area contributed by atoms with Crippen molar-refractivity contribution < 1.29 is 9.18 Å². The van der Waals surface area contributed by atoms with Crippen molar-refractivity contribution in [2.45, 2.75) is 57.4 Å². The number of amides is 1. The monoisotopic (exact) mass is 318 g/mol. The second kappa shape index (κ2) is 5.90. The average Bonchev–Trinajstić information content (AvgIpc) is 3.01. The summed E-state index contributed by atoms with van der Waals surface area (Å²) in [5.41, 5.74) is 6.65. The van der Waals surface area contributed by atoms with Gasteiger partial charge < -0.3 is 10.6 Å². The number of rotatable bonds is 2. The fourth-order valence-corrected chi connectivity index (χ4v) is 4.22. The quantitative estimate of drug-likeness (QED) is 0.910. The Morgan fingerprint density at radius 2 is 1.83 bits per heavy atom. The Bertz CT molecular complexity index is 576. The molecular formula is C19H27FN2O. The number of nitrogens with zero attached hydrogens (tertiary/aromatic N) is 1. The van der Waals surface area contributed by atoms with Gasteiger partial charge in [0.15, 0.2) is 0 Å². The molecule has 1 aromatic carbocycles. The maximum absolute atomic E-state index is 13.4. The van der Waals surface area contributed by atoms with E-state index >= 15 is 0 Å². The van der Waals surface area contributed by atoms with Crippen LogP contribution in [0.2, 0.25) is 0 Å². The predicted molar refractivity (Wildman–Crippen MR) is 89.5 cm³/mol. The number of piperidine rings is 1. The third-order valence-corrected chi connectivity index (χ3v) is 5.86. The van der Waals surface area contributed by atoms with Crippen molar-refractivity contribution in [3.63, 3.8) is 0 Å². The molecule has 126 valence electrons. The Morgan fingerprint density at radius 3 is 2.39 bits per heavy atom. The summed E-state index contributed by atoms with van der Waals surface area (Å²) in [6.07, 6.45) is 4.68. The first kappa shape index (κ1) is 16.4. The molecule has 1 amide bonds. The van der Waals surface area contributed by atoms with E-state index in [2.05, 4.69) is 13.8 Å². The van der Waals surface area contributed by atoms with Crippen LogP contribution in [0.25, 0.3) is 0 Å². The predicted octanol–water partition coefficient (Wildman–Crippen LogP) is 3.22. The SMILES string of the molecule is CC1(C)CN(C(=O)C2(c3ccc(F)cc3)CCCC2)CCC1N. The van der Waals surface area contributed by atoms with E-state index in [9.17, 15) is 9.18 Å². The molecule has 3 nitrogen and oxygen atoms in total. The van der Waals surface area contributed by atoms with Gasteiger partial charge in [0.05, 0.1) is 5.41 Å². The Morgan fingerprint density at radius 1 is 1.22 bits per heavy atom. The van der Waals surface area contributed by atoms with Crippen molar-refractivity contribution in [1.82, 2.24) is 4.90 Å². The number of halogens is 1. The van der Waals surface area contributed by atoms with Gasteiger partial charge in [0.1, 0.15) is 5.82 Å². The number of hydrogen-bond donors (Lipinski definition) is 1. The van der Waals surface area contributed by atoms with E-state index in [0.717, 1.165) is 44.2 Å². The lowest BCUT2D eigenvalue weighted by molar-refractivity contribution is -0.141. The third-order valence-electron chi connectivity index (χ3n) is 5.86. The molecule has 1 aliphatic heterocycles. The Balaban J connectivity index is 1.89. The van der Waals surface area contributed by atoms with E-state index in [4.69, 9.17) is 5.73 Å². The zero-order valence-corrected chi connectivity index (χ0v) is 14.1. The Hall–Kier alpha value is -1.42. The molecule has 1 saturated carbocycles. The minimum atomic E-state index is -0.467. The zero-order chi connectivity index (χ0) is 16.7. The highest BCUT2D eigenvalue weighted by atomic mass is 19.1. The molecule has 2 N–H and O–H groups in total. The number of likely N-dealkylation sites (tertiary alicyclic amines) is 1. The number of hydrogen-bond acceptors (Lipinski definition) is 2. The molecule has 23 heavy (non-hydrogen) atoms. The number of carbonyl (C=O) groups is 1. The average molecular weight is 318 g/mol. The van der Waals surface area contributed by atoms with Gasteiger partial charge in [-0.15, -0.1) is 0 Å². The highest BCUT2D eigenvalue weighted by molar-refractivity contribution is 5.88. The van der Waals surface area contributed by atoms with Crippen LogP contribution in [0, 0.1) is 11.2 Å². The van der Waals surface area contributed by atoms with Gasteiger partial charge in [-0.05, 0) is 42.4 Å². The summed E-state index contributed by atoms with van der Waals surface area (Å²) in [7, 11) is 0. The Labute approximate surface area is 138 Å². The van der Waals surface area contributed by atoms with E-state index in [1.54, 1.807) is 12.1 Å². The summed E-state index contributed by atoms with van der Waals surface area (Å²) >= 11 is 0. The van der Waals surface area contributed by atoms with Gasteiger partial charge in [0.25, 0.3) is 0 Å². The van der Waals surface area contributed by atoms with Crippen LogP contribution in [0.1, 0.15) is 51.5 Å². The number of benzene rings is 1. The Kier molecular flexibility index (Phi) is 4.21. The minimum absolute atomic E-state index is 0.0590. The van der Waals surface area contributed by atoms with Crippen LogP contribution >= 0.6 is 0 Å². The van der Waals surface area contributed by atoms with Crippen molar-refractivity contribution in [1.29, 1.82) is 0 Å². The van der Waals surface area contributed by atoms with E-state index in [1.807, 2.05) is 4.90 Å². The first-order valence-electron chi connectivity index (χ1n) is 8.66. The van der Waals surface area contributed by atoms with Crippen LogP contribution in [0.4, 0.5) is 4.39 Å². The van der Waals surface area contributed by atoms with Crippen molar-refractivity contribution in [2.24, 2.45) is 11.1 Å². The molecular weight excluding hydrogens is 291 g/mol. The largest absolute Gasteiger partial charge is 0.341 e. The third kappa shape index (κ3) is 2.89. The first-order valence-corrected chi connectivity index (χ1v) is 8.66. The van der Waals surface area contributed by atoms with Crippen molar-refractivity contribution in [2.75, 3.05) is 13.1 Å². The van der Waals surface area contributed by atoms with Gasteiger partial charge in [-0.25, -0.2) is 4.39 Å². The number of nitrogens with two attached hydrogens (primary N) is 1. The normalized spacial score (nSPS) is 26.3. The van der Waals surface area contributed by atoms with Gasteiger partial charge in [-0.2, -0.15) is 0 Å². The summed E-state index contributed by atoms with van der Waals surface area (Å²) in [4.78, 5) is 15.4. The lowest BCUT2D eigenvalue weighted by Crippen LogP contribution is -2.57. The lowest BCUT2D eigenvalue weighted by Gasteiger charge is -2.45. The molecule has 0 spiro atoms. The molecule has 4 heteroatoms. The molecule has 1 aliphatic carbocycles. The number of carbonyl (C=O) groups excluding carboxylic acids is 1. The second-order valence-corrected chi connectivity index (χ2v) is 7.91. The molecule has 1 aromatic rings. The molecule has 1 atom stereocenters. The van der Waals surface area contributed by atoms with Crippen LogP contribution in [-0.2, 0) is 10.2 Å². The second-order valence-electron chi connectivity index (χ2n) is 7.91. The van der Waals surface area contributed by atoms with Gasteiger partial charge in [0.2, 0.25) is 5.91 Å². The molecule has 2 aliphatic rings. The van der Waals surface area contributed by atoms with Gasteiger partial charge in [0, 0.05) is 19.1 Å². The van der Waals surface area contributed by atoms with Gasteiger partial charge in [-0.3, -0.25) is 4.79 Å². The molecule has 0 radical (unpaired) electrons. The summed E-state index contributed by atoms with van der Waals surface area (Å²) in [5, 5.41) is 0. The van der Waals surface area contributed by atoms with Crippen molar-refractivity contribution in [3.05, 3.63) is 35.6 Å². The standard InChI is InChI=1S/C19H27FN2O/c1-18(2)13-22(12-9-16(18)21)17(23)19(10-3-4-11-19)14-5-7-15(20)8-6-14/h5-8,16H,3-4,9-13,21H2,1-2H3. The molecule has 0 aromatic heterocycles. The molecule has 2 fully saturated rings. The lowest BCUT2D eigenvalue weighted by atomic mass is 9.75. The van der Waals surface area contributed by atoms with Crippen molar-refractivity contribution in [3.8, 4) is 0 Å². The van der Waals surface area contributed by atoms with Crippen LogP contribution < -0.4 is 5.73 Å². The van der Waals surface area contributed by atoms with Crippen molar-refractivity contribution >= 4 is 5.91 Å². The van der Waals surface area contributed by atoms with E-state index < -0.39 is 5.41 Å². The zero-order valence-electron chi connectivity index (χ0n) is 14.1. The molecule has 1 saturated heterocycles. The van der Waals surface area contributed by atoms with Crippen LogP contribution in [0.15, 0.2) is 24.3 Å². The minimum Gasteiger partial charge on any atom is -0.341 e. The smallest absolute Gasteiger partial charge is 0.233 e. The highest BCUT2D eigenvalue weighted by Gasteiger charge is 2.47. The molecule has 1 heterocycles. The van der Waals surface area contributed by atoms with E-state index in [-0.39, 0.29) is 23.2 Å². The molecule has 0 bridgehead atoms. The van der Waals surface area contributed by atoms with Crippen LogP contribution in [0.5, 0.6) is 0 Å². The van der Waals surface area contributed by atoms with E-state index in [1.165, 1.54) is 12.1 Å². The fraction of sp³-hybridized carbons (Fsp3) is 0.632. The summed E-state index contributed by atoms with van der Waals surface area (Å²) < 4.78 is 13.3. The maximum atomic E-state index is 13.4. The topological polar surface area (TPSA) is 46.3 Å². The summed E-state index contributed by atoms with van der Waals surface area (Å²) in [5.74, 6) is -0.0407. The summed E-state index contributed by atoms with van der Waals surface area (Å²) in [6.45, 7) is 5.70. The fourth-order valence-electron chi connectivity index (χ4n) is 4.22. The molecule has 1 unspecified atom stereocenters. The molecule has 3 rings (SSSR count). The van der Waals surface area contributed by atoms with Crippen LogP contribution in [-0.4, -0.2) is 29.9 Å². The summed E-state index contributed by atoms with van der Waals surface area (Å²) in [6, 6.07) is 6.66. The van der Waals surface area contributed by atoms with Gasteiger partial charge >= 0.3 is 0 Å². The van der Waals surface area contributed by atoms with Gasteiger partial charge in [-0.1, -0.05) is 38.8 Å². The highest BCUT2D eigenvalue weighted by Crippen LogP contribution is 2.44. The van der Waals surface area contributed by atoms with Crippen LogP contribution in [0.3, 0.4) is 0 Å². The first-order chi connectivity index (χ1) is 10.8. The maximum Gasteiger partial charge on any atom is 0.233 e.